The summed E-state index contributed by atoms with van der Waals surface area (Å²) in [6.07, 6.45) is 0.924. The van der Waals surface area contributed by atoms with Gasteiger partial charge in [0.05, 0.1) is 6.04 Å². The second-order valence-electron chi connectivity index (χ2n) is 3.56. The molecule has 4 heteroatoms. The summed E-state index contributed by atoms with van der Waals surface area (Å²) < 4.78 is 5.63. The van der Waals surface area contributed by atoms with Crippen molar-refractivity contribution in [2.24, 2.45) is 0 Å². The number of nitrogens with one attached hydrogen (secondary N) is 1. The van der Waals surface area contributed by atoms with Crippen molar-refractivity contribution in [3.05, 3.63) is 36.2 Å². The Balaban J connectivity index is 2.26. The van der Waals surface area contributed by atoms with E-state index < -0.39 is 0 Å². The van der Waals surface area contributed by atoms with Crippen LogP contribution in [0.4, 0.5) is 0 Å². The highest BCUT2D eigenvalue weighted by molar-refractivity contribution is 5.51. The van der Waals surface area contributed by atoms with Crippen LogP contribution in [0.3, 0.4) is 0 Å². The molecule has 0 saturated carbocycles. The summed E-state index contributed by atoms with van der Waals surface area (Å²) in [5.41, 5.74) is 0.951. The van der Waals surface area contributed by atoms with Crippen LogP contribution in [0.25, 0.3) is 11.5 Å². The third-order valence-electron chi connectivity index (χ3n) is 2.52. The predicted octanol–water partition coefficient (Wildman–Crippen LogP) is 2.41. The van der Waals surface area contributed by atoms with E-state index in [-0.39, 0.29) is 6.04 Å². The molecule has 4 nitrogen and oxygen atoms in total. The van der Waals surface area contributed by atoms with Crippen molar-refractivity contribution in [3.63, 3.8) is 0 Å². The molecule has 16 heavy (non-hydrogen) atoms. The summed E-state index contributed by atoms with van der Waals surface area (Å²) in [7, 11) is 1.89. The first kappa shape index (κ1) is 10.8. The Morgan fingerprint density at radius 1 is 1.25 bits per heavy atom. The topological polar surface area (TPSA) is 51.0 Å². The minimum Gasteiger partial charge on any atom is -0.419 e. The summed E-state index contributed by atoms with van der Waals surface area (Å²) in [5.74, 6) is 1.22. The summed E-state index contributed by atoms with van der Waals surface area (Å²) in [4.78, 5) is 0. The molecule has 1 aromatic heterocycles. The maximum atomic E-state index is 5.63. The molecule has 1 aromatic carbocycles. The third kappa shape index (κ3) is 2.12. The van der Waals surface area contributed by atoms with E-state index in [0.717, 1.165) is 12.0 Å². The molecule has 0 aliphatic heterocycles. The zero-order valence-corrected chi connectivity index (χ0v) is 9.47. The van der Waals surface area contributed by atoms with Gasteiger partial charge in [0.25, 0.3) is 0 Å². The lowest BCUT2D eigenvalue weighted by atomic mass is 10.2. The average Bonchev–Trinajstić information content (AvgIpc) is 2.81. The van der Waals surface area contributed by atoms with Crippen molar-refractivity contribution in [1.82, 2.24) is 15.5 Å². The standard InChI is InChI=1S/C12H15N3O/c1-3-10(13-2)12-15-14-11(16-12)9-7-5-4-6-8-9/h4-8,10,13H,3H2,1-2H3. The summed E-state index contributed by atoms with van der Waals surface area (Å²) in [6, 6.07) is 9.91. The van der Waals surface area contributed by atoms with Crippen molar-refractivity contribution >= 4 is 0 Å². The molecular weight excluding hydrogens is 202 g/mol. The highest BCUT2D eigenvalue weighted by atomic mass is 16.4. The first-order valence-corrected chi connectivity index (χ1v) is 5.41. The molecule has 84 valence electrons. The van der Waals surface area contributed by atoms with Crippen LogP contribution >= 0.6 is 0 Å². The molecular formula is C12H15N3O. The molecule has 1 heterocycles. The minimum absolute atomic E-state index is 0.130. The fourth-order valence-electron chi connectivity index (χ4n) is 1.57. The molecule has 0 aliphatic rings. The number of nitrogens with zero attached hydrogens (tertiary/aromatic N) is 2. The third-order valence-corrected chi connectivity index (χ3v) is 2.52. The number of benzene rings is 1. The quantitative estimate of drug-likeness (QED) is 0.854. The predicted molar refractivity (Wildman–Crippen MR) is 61.8 cm³/mol. The highest BCUT2D eigenvalue weighted by Crippen LogP contribution is 2.21. The maximum absolute atomic E-state index is 5.63. The summed E-state index contributed by atoms with van der Waals surface area (Å²) >= 11 is 0. The van der Waals surface area contributed by atoms with Crippen LogP contribution in [0.5, 0.6) is 0 Å². The van der Waals surface area contributed by atoms with Crippen LogP contribution in [0, 0.1) is 0 Å². The fraction of sp³-hybridized carbons (Fsp3) is 0.333. The molecule has 1 atom stereocenters. The Hall–Kier alpha value is -1.68. The maximum Gasteiger partial charge on any atom is 0.247 e. The second-order valence-corrected chi connectivity index (χ2v) is 3.56. The van der Waals surface area contributed by atoms with Gasteiger partial charge in [0.15, 0.2) is 0 Å². The average molecular weight is 217 g/mol. The van der Waals surface area contributed by atoms with Crippen LogP contribution in [-0.2, 0) is 0 Å². The van der Waals surface area contributed by atoms with Gasteiger partial charge in [-0.15, -0.1) is 10.2 Å². The number of aromatic nitrogens is 2. The van der Waals surface area contributed by atoms with E-state index in [0.29, 0.717) is 11.8 Å². The van der Waals surface area contributed by atoms with Crippen molar-refractivity contribution < 1.29 is 4.42 Å². The van der Waals surface area contributed by atoms with Crippen LogP contribution < -0.4 is 5.32 Å². The van der Waals surface area contributed by atoms with Gasteiger partial charge in [-0.2, -0.15) is 0 Å². The van der Waals surface area contributed by atoms with Crippen molar-refractivity contribution in [3.8, 4) is 11.5 Å². The Morgan fingerprint density at radius 3 is 2.62 bits per heavy atom. The van der Waals surface area contributed by atoms with Gasteiger partial charge in [-0.05, 0) is 25.6 Å². The SMILES string of the molecule is CCC(NC)c1nnc(-c2ccccc2)o1. The largest absolute Gasteiger partial charge is 0.419 e. The number of hydrogen-bond donors (Lipinski definition) is 1. The molecule has 0 bridgehead atoms. The lowest BCUT2D eigenvalue weighted by Crippen LogP contribution is -2.15. The molecule has 0 radical (unpaired) electrons. The van der Waals surface area contributed by atoms with E-state index >= 15 is 0 Å². The summed E-state index contributed by atoms with van der Waals surface area (Å²) in [6.45, 7) is 2.08. The molecule has 0 aliphatic carbocycles. The van der Waals surface area contributed by atoms with E-state index in [1.165, 1.54) is 0 Å². The van der Waals surface area contributed by atoms with Crippen LogP contribution in [-0.4, -0.2) is 17.2 Å². The van der Waals surface area contributed by atoms with Gasteiger partial charge in [0.1, 0.15) is 0 Å². The smallest absolute Gasteiger partial charge is 0.247 e. The monoisotopic (exact) mass is 217 g/mol. The molecule has 1 unspecified atom stereocenters. The van der Waals surface area contributed by atoms with E-state index in [9.17, 15) is 0 Å². The second kappa shape index (κ2) is 4.90. The number of rotatable bonds is 4. The van der Waals surface area contributed by atoms with Crippen molar-refractivity contribution in [2.45, 2.75) is 19.4 Å². The summed E-state index contributed by atoms with van der Waals surface area (Å²) in [5, 5.41) is 11.2. The lowest BCUT2D eigenvalue weighted by molar-refractivity contribution is 0.415. The lowest BCUT2D eigenvalue weighted by Gasteiger charge is -2.07. The molecule has 2 aromatic rings. The molecule has 2 rings (SSSR count). The van der Waals surface area contributed by atoms with E-state index in [2.05, 4.69) is 22.4 Å². The molecule has 1 N–H and O–H groups in total. The van der Waals surface area contributed by atoms with Gasteiger partial charge in [0, 0.05) is 5.56 Å². The Bertz CT molecular complexity index is 435. The van der Waals surface area contributed by atoms with Crippen molar-refractivity contribution in [1.29, 1.82) is 0 Å². The van der Waals surface area contributed by atoms with Gasteiger partial charge in [-0.1, -0.05) is 25.1 Å². The van der Waals surface area contributed by atoms with Gasteiger partial charge >= 0.3 is 0 Å². The Morgan fingerprint density at radius 2 is 2.00 bits per heavy atom. The van der Waals surface area contributed by atoms with E-state index in [1.807, 2.05) is 37.4 Å². The van der Waals surface area contributed by atoms with Crippen LogP contribution in [0.15, 0.2) is 34.7 Å². The Labute approximate surface area is 94.7 Å². The zero-order valence-electron chi connectivity index (χ0n) is 9.47. The molecule has 0 saturated heterocycles. The van der Waals surface area contributed by atoms with Gasteiger partial charge in [0.2, 0.25) is 11.8 Å². The Kier molecular flexibility index (Phi) is 3.31. The van der Waals surface area contributed by atoms with Crippen LogP contribution in [0.1, 0.15) is 25.3 Å². The van der Waals surface area contributed by atoms with Gasteiger partial charge in [-0.25, -0.2) is 0 Å². The van der Waals surface area contributed by atoms with Gasteiger partial charge in [-0.3, -0.25) is 0 Å². The number of hydrogen-bond acceptors (Lipinski definition) is 4. The first-order valence-electron chi connectivity index (χ1n) is 5.41. The minimum atomic E-state index is 0.130. The van der Waals surface area contributed by atoms with E-state index in [4.69, 9.17) is 4.42 Å². The molecule has 0 spiro atoms. The molecule has 0 fully saturated rings. The van der Waals surface area contributed by atoms with Crippen LogP contribution in [0.2, 0.25) is 0 Å². The zero-order chi connectivity index (χ0) is 11.4. The first-order chi connectivity index (χ1) is 7.85. The normalized spacial score (nSPS) is 12.6. The van der Waals surface area contributed by atoms with Gasteiger partial charge < -0.3 is 9.73 Å². The molecule has 0 amide bonds. The highest BCUT2D eigenvalue weighted by Gasteiger charge is 2.15. The van der Waals surface area contributed by atoms with E-state index in [1.54, 1.807) is 0 Å². The van der Waals surface area contributed by atoms with Crippen molar-refractivity contribution in [2.75, 3.05) is 7.05 Å². The fourth-order valence-corrected chi connectivity index (χ4v) is 1.57.